The number of hydrogen-bond acceptors (Lipinski definition) is 2. The van der Waals surface area contributed by atoms with Gasteiger partial charge in [-0.15, -0.1) is 0 Å². The zero-order valence-corrected chi connectivity index (χ0v) is 11.5. The summed E-state index contributed by atoms with van der Waals surface area (Å²) < 4.78 is 0. The van der Waals surface area contributed by atoms with Crippen LogP contribution in [0.4, 0.5) is 0 Å². The van der Waals surface area contributed by atoms with Crippen LogP contribution in [0, 0.1) is 0 Å². The molecule has 1 aliphatic carbocycles. The third kappa shape index (κ3) is 3.13. The van der Waals surface area contributed by atoms with Gasteiger partial charge in [0.25, 0.3) is 0 Å². The number of rotatable bonds is 2. The molecule has 0 aliphatic heterocycles. The fourth-order valence-corrected chi connectivity index (χ4v) is 2.48. The van der Waals surface area contributed by atoms with Crippen LogP contribution in [-0.4, -0.2) is 18.9 Å². The Morgan fingerprint density at radius 3 is 2.47 bits per heavy atom. The van der Waals surface area contributed by atoms with Crippen molar-refractivity contribution in [3.63, 3.8) is 0 Å². The summed E-state index contributed by atoms with van der Waals surface area (Å²) in [5, 5.41) is 5.02. The van der Waals surface area contributed by atoms with E-state index < -0.39 is 11.8 Å². The first-order valence-corrected chi connectivity index (χ1v) is 6.76. The van der Waals surface area contributed by atoms with Gasteiger partial charge >= 0.3 is 11.8 Å². The summed E-state index contributed by atoms with van der Waals surface area (Å²) >= 11 is 0. The van der Waals surface area contributed by atoms with Crippen molar-refractivity contribution >= 4 is 11.8 Å². The molecule has 4 heteroatoms. The average molecular weight is 260 g/mol. The Kier molecular flexibility index (Phi) is 4.20. The van der Waals surface area contributed by atoms with Crippen LogP contribution < -0.4 is 10.6 Å². The van der Waals surface area contributed by atoms with Crippen molar-refractivity contribution < 1.29 is 9.59 Å². The number of carbonyl (C=O) groups is 2. The van der Waals surface area contributed by atoms with Crippen LogP contribution >= 0.6 is 0 Å². The zero-order valence-electron chi connectivity index (χ0n) is 11.5. The van der Waals surface area contributed by atoms with E-state index in [4.69, 9.17) is 0 Å². The third-order valence-corrected chi connectivity index (χ3v) is 3.65. The van der Waals surface area contributed by atoms with Crippen molar-refractivity contribution in [3.8, 4) is 0 Å². The summed E-state index contributed by atoms with van der Waals surface area (Å²) in [7, 11) is 1.45. The Bertz CT molecular complexity index is 497. The Balaban J connectivity index is 2.09. The molecule has 1 unspecified atom stereocenters. The average Bonchev–Trinajstić information content (AvgIpc) is 2.45. The Labute approximate surface area is 113 Å². The summed E-state index contributed by atoms with van der Waals surface area (Å²) in [4.78, 5) is 22.7. The van der Waals surface area contributed by atoms with E-state index >= 15 is 0 Å². The molecule has 0 saturated carbocycles. The molecule has 0 heterocycles. The molecule has 4 nitrogen and oxygen atoms in total. The monoisotopic (exact) mass is 260 g/mol. The highest BCUT2D eigenvalue weighted by atomic mass is 16.2. The second kappa shape index (κ2) is 5.87. The van der Waals surface area contributed by atoms with Crippen molar-refractivity contribution in [2.24, 2.45) is 0 Å². The lowest BCUT2D eigenvalue weighted by Crippen LogP contribution is -2.39. The van der Waals surface area contributed by atoms with Gasteiger partial charge < -0.3 is 10.6 Å². The fraction of sp³-hybridized carbons (Fsp3) is 0.467. The number of amides is 2. The predicted octanol–water partition coefficient (Wildman–Crippen LogP) is 1.49. The van der Waals surface area contributed by atoms with E-state index in [2.05, 4.69) is 22.8 Å². The highest BCUT2D eigenvalue weighted by Crippen LogP contribution is 2.24. The fourth-order valence-electron chi connectivity index (χ4n) is 2.48. The highest BCUT2D eigenvalue weighted by molar-refractivity contribution is 6.35. The second-order valence-electron chi connectivity index (χ2n) is 5.01. The maximum atomic E-state index is 11.5. The molecule has 1 aliphatic rings. The molecule has 0 fully saturated rings. The zero-order chi connectivity index (χ0) is 13.8. The Morgan fingerprint density at radius 2 is 1.79 bits per heavy atom. The second-order valence-corrected chi connectivity index (χ2v) is 5.01. The molecule has 0 aromatic heterocycles. The van der Waals surface area contributed by atoms with Gasteiger partial charge in [0.2, 0.25) is 0 Å². The molecule has 2 rings (SSSR count). The molecule has 2 N–H and O–H groups in total. The van der Waals surface area contributed by atoms with Gasteiger partial charge in [0.05, 0.1) is 6.04 Å². The first-order valence-electron chi connectivity index (χ1n) is 6.76. The summed E-state index contributed by atoms with van der Waals surface area (Å²) in [6.07, 6.45) is 4.75. The van der Waals surface area contributed by atoms with Crippen molar-refractivity contribution in [2.45, 2.75) is 38.6 Å². The topological polar surface area (TPSA) is 58.2 Å². The van der Waals surface area contributed by atoms with E-state index in [1.165, 1.54) is 31.0 Å². The van der Waals surface area contributed by atoms with Crippen LogP contribution in [0.1, 0.15) is 42.5 Å². The van der Waals surface area contributed by atoms with E-state index in [-0.39, 0.29) is 6.04 Å². The number of nitrogens with one attached hydrogen (secondary N) is 2. The molecule has 0 saturated heterocycles. The lowest BCUT2D eigenvalue weighted by atomic mass is 9.89. The number of benzene rings is 1. The Hall–Kier alpha value is -1.84. The Morgan fingerprint density at radius 1 is 1.11 bits per heavy atom. The number of likely N-dealkylation sites (N-methyl/N-ethyl adjacent to an activating group) is 1. The molecule has 1 atom stereocenters. The van der Waals surface area contributed by atoms with E-state index in [1.807, 2.05) is 13.0 Å². The van der Waals surface area contributed by atoms with Crippen LogP contribution in [0.2, 0.25) is 0 Å². The molecule has 0 bridgehead atoms. The molecule has 1 aromatic rings. The summed E-state index contributed by atoms with van der Waals surface area (Å²) in [5.41, 5.74) is 3.85. The molecule has 0 spiro atoms. The lowest BCUT2D eigenvalue weighted by Gasteiger charge is -2.19. The smallest absolute Gasteiger partial charge is 0.309 e. The van der Waals surface area contributed by atoms with Crippen molar-refractivity contribution in [1.29, 1.82) is 0 Å². The lowest BCUT2D eigenvalue weighted by molar-refractivity contribution is -0.139. The maximum absolute atomic E-state index is 11.5. The van der Waals surface area contributed by atoms with E-state index in [0.717, 1.165) is 18.4 Å². The number of aryl methyl sites for hydroxylation is 2. The van der Waals surface area contributed by atoms with Gasteiger partial charge in [0, 0.05) is 7.05 Å². The highest BCUT2D eigenvalue weighted by Gasteiger charge is 2.17. The van der Waals surface area contributed by atoms with E-state index in [9.17, 15) is 9.59 Å². The van der Waals surface area contributed by atoms with Gasteiger partial charge in [0.15, 0.2) is 0 Å². The van der Waals surface area contributed by atoms with Crippen LogP contribution in [0.15, 0.2) is 18.2 Å². The molecule has 2 amide bonds. The molecule has 102 valence electrons. The number of hydrogen-bond donors (Lipinski definition) is 2. The van der Waals surface area contributed by atoms with Crippen LogP contribution in [0.5, 0.6) is 0 Å². The molecule has 1 aromatic carbocycles. The molecule has 0 radical (unpaired) electrons. The van der Waals surface area contributed by atoms with Gasteiger partial charge in [-0.25, -0.2) is 0 Å². The van der Waals surface area contributed by atoms with Crippen LogP contribution in [0.25, 0.3) is 0 Å². The molecule has 19 heavy (non-hydrogen) atoms. The minimum Gasteiger partial charge on any atom is -0.351 e. The van der Waals surface area contributed by atoms with Gasteiger partial charge in [-0.3, -0.25) is 9.59 Å². The van der Waals surface area contributed by atoms with Crippen LogP contribution in [-0.2, 0) is 22.4 Å². The predicted molar refractivity (Wildman–Crippen MR) is 73.7 cm³/mol. The summed E-state index contributed by atoms with van der Waals surface area (Å²) in [6, 6.07) is 6.19. The molecular formula is C15H20N2O2. The standard InChI is InChI=1S/C15H20N2O2/c1-10(17-15(19)14(18)16-2)12-8-7-11-5-3-4-6-13(11)9-12/h7-10H,3-6H2,1-2H3,(H,16,18)(H,17,19). The van der Waals surface area contributed by atoms with Gasteiger partial charge in [-0.2, -0.15) is 0 Å². The van der Waals surface area contributed by atoms with E-state index in [0.29, 0.717) is 0 Å². The summed E-state index contributed by atoms with van der Waals surface area (Å²) in [5.74, 6) is -1.20. The largest absolute Gasteiger partial charge is 0.351 e. The number of carbonyl (C=O) groups excluding carboxylic acids is 2. The quantitative estimate of drug-likeness (QED) is 0.791. The van der Waals surface area contributed by atoms with Crippen molar-refractivity contribution in [2.75, 3.05) is 7.05 Å². The van der Waals surface area contributed by atoms with Crippen molar-refractivity contribution in [3.05, 3.63) is 34.9 Å². The van der Waals surface area contributed by atoms with Crippen molar-refractivity contribution in [1.82, 2.24) is 10.6 Å². The normalized spacial score (nSPS) is 15.3. The minimum atomic E-state index is -0.607. The SMILES string of the molecule is CNC(=O)C(=O)NC(C)c1ccc2c(c1)CCCC2. The van der Waals surface area contributed by atoms with Gasteiger partial charge in [-0.1, -0.05) is 18.2 Å². The van der Waals surface area contributed by atoms with Gasteiger partial charge in [-0.05, 0) is 49.3 Å². The first-order chi connectivity index (χ1) is 9.11. The van der Waals surface area contributed by atoms with Crippen LogP contribution in [0.3, 0.4) is 0 Å². The minimum absolute atomic E-state index is 0.156. The first kappa shape index (κ1) is 13.6. The summed E-state index contributed by atoms with van der Waals surface area (Å²) in [6.45, 7) is 1.89. The third-order valence-electron chi connectivity index (χ3n) is 3.65. The molecular weight excluding hydrogens is 240 g/mol. The van der Waals surface area contributed by atoms with E-state index in [1.54, 1.807) is 0 Å². The maximum Gasteiger partial charge on any atom is 0.309 e. The van der Waals surface area contributed by atoms with Gasteiger partial charge in [0.1, 0.15) is 0 Å². The number of fused-ring (bicyclic) bond motifs is 1.